The maximum absolute atomic E-state index is 11.6. The second kappa shape index (κ2) is 3.51. The Kier molecular flexibility index (Phi) is 2.49. The molecule has 2 aliphatic rings. The Bertz CT molecular complexity index is 233. The zero-order valence-electron chi connectivity index (χ0n) is 8.88. The Morgan fingerprint density at radius 2 is 2.36 bits per heavy atom. The van der Waals surface area contributed by atoms with Gasteiger partial charge in [-0.05, 0) is 26.2 Å². The summed E-state index contributed by atoms with van der Waals surface area (Å²) in [6, 6.07) is -0.0241. The summed E-state index contributed by atoms with van der Waals surface area (Å²) in [5.74, 6) is 0.202. The lowest BCUT2D eigenvalue weighted by Gasteiger charge is -2.42. The van der Waals surface area contributed by atoms with E-state index in [0.29, 0.717) is 6.67 Å². The molecule has 14 heavy (non-hydrogen) atoms. The fraction of sp³-hybridized carbons (Fsp3) is 0.900. The largest absolute Gasteiger partial charge is 0.376 e. The van der Waals surface area contributed by atoms with Crippen LogP contribution in [-0.4, -0.2) is 42.8 Å². The minimum absolute atomic E-state index is 0.0241. The maximum atomic E-state index is 11.6. The van der Waals surface area contributed by atoms with Crippen LogP contribution in [-0.2, 0) is 9.53 Å². The van der Waals surface area contributed by atoms with Gasteiger partial charge in [0.1, 0.15) is 0 Å². The summed E-state index contributed by atoms with van der Waals surface area (Å²) in [6.45, 7) is 3.33. The van der Waals surface area contributed by atoms with Crippen LogP contribution < -0.4 is 5.32 Å². The Morgan fingerprint density at radius 3 is 2.71 bits per heavy atom. The molecule has 1 aliphatic heterocycles. The second-order valence-electron chi connectivity index (χ2n) is 4.36. The summed E-state index contributed by atoms with van der Waals surface area (Å²) >= 11 is 0. The molecular formula is C10H18N2O2. The van der Waals surface area contributed by atoms with E-state index in [-0.39, 0.29) is 17.6 Å². The molecular weight excluding hydrogens is 180 g/mol. The summed E-state index contributed by atoms with van der Waals surface area (Å²) < 4.78 is 5.50. The first kappa shape index (κ1) is 9.93. The van der Waals surface area contributed by atoms with Crippen LogP contribution in [0.1, 0.15) is 26.2 Å². The van der Waals surface area contributed by atoms with Gasteiger partial charge in [0.25, 0.3) is 0 Å². The third kappa shape index (κ3) is 1.53. The van der Waals surface area contributed by atoms with Gasteiger partial charge in [-0.15, -0.1) is 0 Å². The van der Waals surface area contributed by atoms with E-state index in [0.717, 1.165) is 19.4 Å². The predicted octanol–water partition coefficient (Wildman–Crippen LogP) is 0.333. The molecule has 4 heteroatoms. The Labute approximate surface area is 84.6 Å². The van der Waals surface area contributed by atoms with Gasteiger partial charge in [0.05, 0.1) is 24.9 Å². The highest BCUT2D eigenvalue weighted by Gasteiger charge is 2.41. The lowest BCUT2D eigenvalue weighted by atomic mass is 9.79. The van der Waals surface area contributed by atoms with E-state index >= 15 is 0 Å². The SMILES string of the molecule is COC1(CN2CNC(C)C2=O)CCC1. The van der Waals surface area contributed by atoms with Crippen molar-refractivity contribution < 1.29 is 9.53 Å². The molecule has 0 radical (unpaired) electrons. The normalized spacial score (nSPS) is 30.6. The van der Waals surface area contributed by atoms with E-state index in [1.165, 1.54) is 6.42 Å². The van der Waals surface area contributed by atoms with Crippen molar-refractivity contribution in [1.29, 1.82) is 0 Å². The molecule has 80 valence electrons. The molecule has 2 fully saturated rings. The van der Waals surface area contributed by atoms with Crippen molar-refractivity contribution in [2.45, 2.75) is 37.8 Å². The highest BCUT2D eigenvalue weighted by molar-refractivity contribution is 5.83. The lowest BCUT2D eigenvalue weighted by Crippen LogP contribution is -2.50. The van der Waals surface area contributed by atoms with Crippen molar-refractivity contribution in [1.82, 2.24) is 10.2 Å². The first-order valence-corrected chi connectivity index (χ1v) is 5.24. The van der Waals surface area contributed by atoms with Gasteiger partial charge in [-0.2, -0.15) is 0 Å². The molecule has 0 spiro atoms. The molecule has 0 aromatic carbocycles. The van der Waals surface area contributed by atoms with Crippen LogP contribution in [0, 0.1) is 0 Å². The van der Waals surface area contributed by atoms with Crippen LogP contribution in [0.5, 0.6) is 0 Å². The van der Waals surface area contributed by atoms with Crippen molar-refractivity contribution in [3.63, 3.8) is 0 Å². The summed E-state index contributed by atoms with van der Waals surface area (Å²) in [4.78, 5) is 13.5. The van der Waals surface area contributed by atoms with Crippen LogP contribution in [0.4, 0.5) is 0 Å². The molecule has 1 N–H and O–H groups in total. The standard InChI is InChI=1S/C10H18N2O2/c1-8-9(13)12(7-11-8)6-10(14-2)4-3-5-10/h8,11H,3-7H2,1-2H3. The number of rotatable bonds is 3. The monoisotopic (exact) mass is 198 g/mol. The van der Waals surface area contributed by atoms with E-state index in [2.05, 4.69) is 5.32 Å². The van der Waals surface area contributed by atoms with Crippen molar-refractivity contribution in [3.05, 3.63) is 0 Å². The van der Waals surface area contributed by atoms with Crippen LogP contribution >= 0.6 is 0 Å². The summed E-state index contributed by atoms with van der Waals surface area (Å²) in [5.41, 5.74) is -0.0403. The molecule has 1 unspecified atom stereocenters. The zero-order valence-corrected chi connectivity index (χ0v) is 8.88. The number of nitrogens with one attached hydrogen (secondary N) is 1. The summed E-state index contributed by atoms with van der Waals surface area (Å²) in [5, 5.41) is 3.14. The number of carbonyl (C=O) groups excluding carboxylic acids is 1. The zero-order chi connectivity index (χ0) is 10.2. The van der Waals surface area contributed by atoms with Gasteiger partial charge in [-0.1, -0.05) is 0 Å². The predicted molar refractivity (Wildman–Crippen MR) is 52.8 cm³/mol. The van der Waals surface area contributed by atoms with Gasteiger partial charge >= 0.3 is 0 Å². The average Bonchev–Trinajstić information content (AvgIpc) is 2.42. The minimum atomic E-state index is -0.0403. The smallest absolute Gasteiger partial charge is 0.240 e. The first-order valence-electron chi connectivity index (χ1n) is 5.24. The van der Waals surface area contributed by atoms with Gasteiger partial charge in [0.15, 0.2) is 0 Å². The fourth-order valence-electron chi connectivity index (χ4n) is 2.17. The molecule has 1 aliphatic carbocycles. The molecule has 0 aromatic rings. The number of methoxy groups -OCH3 is 1. The van der Waals surface area contributed by atoms with Gasteiger partial charge in [-0.3, -0.25) is 10.1 Å². The van der Waals surface area contributed by atoms with Crippen LogP contribution in [0.3, 0.4) is 0 Å². The Balaban J connectivity index is 1.94. The molecule has 0 aromatic heterocycles. The third-order valence-corrected chi connectivity index (χ3v) is 3.45. The molecule has 1 atom stereocenters. The minimum Gasteiger partial charge on any atom is -0.376 e. The summed E-state index contributed by atoms with van der Waals surface area (Å²) in [7, 11) is 1.75. The lowest BCUT2D eigenvalue weighted by molar-refractivity contribution is -0.137. The van der Waals surface area contributed by atoms with E-state index < -0.39 is 0 Å². The number of hydrogen-bond acceptors (Lipinski definition) is 3. The quantitative estimate of drug-likeness (QED) is 0.710. The molecule has 0 bridgehead atoms. The third-order valence-electron chi connectivity index (χ3n) is 3.45. The maximum Gasteiger partial charge on any atom is 0.240 e. The Hall–Kier alpha value is -0.610. The topological polar surface area (TPSA) is 41.6 Å². The van der Waals surface area contributed by atoms with Gasteiger partial charge < -0.3 is 9.64 Å². The molecule has 1 heterocycles. The first-order chi connectivity index (χ1) is 6.67. The molecule has 1 saturated heterocycles. The molecule has 1 saturated carbocycles. The highest BCUT2D eigenvalue weighted by Crippen LogP contribution is 2.36. The van der Waals surface area contributed by atoms with Crippen LogP contribution in [0.2, 0.25) is 0 Å². The summed E-state index contributed by atoms with van der Waals surface area (Å²) in [6.07, 6.45) is 3.39. The van der Waals surface area contributed by atoms with E-state index in [9.17, 15) is 4.79 Å². The number of nitrogens with zero attached hydrogens (tertiary/aromatic N) is 1. The van der Waals surface area contributed by atoms with Crippen LogP contribution in [0.15, 0.2) is 0 Å². The van der Waals surface area contributed by atoms with Crippen molar-refractivity contribution in [2.24, 2.45) is 0 Å². The average molecular weight is 198 g/mol. The fourth-order valence-corrected chi connectivity index (χ4v) is 2.17. The van der Waals surface area contributed by atoms with Crippen molar-refractivity contribution >= 4 is 5.91 Å². The molecule has 1 amide bonds. The van der Waals surface area contributed by atoms with Crippen molar-refractivity contribution in [3.8, 4) is 0 Å². The van der Waals surface area contributed by atoms with Gasteiger partial charge in [-0.25, -0.2) is 0 Å². The van der Waals surface area contributed by atoms with Crippen LogP contribution in [0.25, 0.3) is 0 Å². The van der Waals surface area contributed by atoms with E-state index in [1.807, 2.05) is 11.8 Å². The van der Waals surface area contributed by atoms with Gasteiger partial charge in [0.2, 0.25) is 5.91 Å². The molecule has 2 rings (SSSR count). The second-order valence-corrected chi connectivity index (χ2v) is 4.36. The number of hydrogen-bond donors (Lipinski definition) is 1. The highest BCUT2D eigenvalue weighted by atomic mass is 16.5. The molecule has 4 nitrogen and oxygen atoms in total. The van der Waals surface area contributed by atoms with E-state index in [1.54, 1.807) is 7.11 Å². The van der Waals surface area contributed by atoms with Crippen molar-refractivity contribution in [2.75, 3.05) is 20.3 Å². The Morgan fingerprint density at radius 1 is 1.64 bits per heavy atom. The van der Waals surface area contributed by atoms with Gasteiger partial charge in [0, 0.05) is 7.11 Å². The number of ether oxygens (including phenoxy) is 1. The number of carbonyl (C=O) groups is 1. The number of amides is 1. The van der Waals surface area contributed by atoms with E-state index in [4.69, 9.17) is 4.74 Å².